The van der Waals surface area contributed by atoms with Crippen molar-refractivity contribution in [2.45, 2.75) is 57.3 Å². The van der Waals surface area contributed by atoms with Gasteiger partial charge in [-0.2, -0.15) is 5.26 Å². The molecular formula is C27H26N8O2S2. The minimum absolute atomic E-state index is 0.0524. The minimum atomic E-state index is -0.257. The zero-order valence-corrected chi connectivity index (χ0v) is 22.9. The van der Waals surface area contributed by atoms with Crippen LogP contribution >= 0.6 is 22.7 Å². The number of anilines is 2. The molecule has 10 nitrogen and oxygen atoms in total. The summed E-state index contributed by atoms with van der Waals surface area (Å²) in [6, 6.07) is 14.9. The van der Waals surface area contributed by atoms with Gasteiger partial charge in [-0.1, -0.05) is 65.0 Å². The van der Waals surface area contributed by atoms with Crippen molar-refractivity contribution in [1.29, 1.82) is 5.26 Å². The Kier molecular flexibility index (Phi) is 8.29. The summed E-state index contributed by atoms with van der Waals surface area (Å²) in [7, 11) is 0. The molecule has 2 amide bonds. The highest BCUT2D eigenvalue weighted by Crippen LogP contribution is 2.43. The van der Waals surface area contributed by atoms with E-state index >= 15 is 0 Å². The van der Waals surface area contributed by atoms with Gasteiger partial charge in [-0.05, 0) is 43.9 Å². The zero-order chi connectivity index (χ0) is 27.2. The fourth-order valence-corrected chi connectivity index (χ4v) is 6.49. The van der Waals surface area contributed by atoms with E-state index < -0.39 is 0 Å². The van der Waals surface area contributed by atoms with Gasteiger partial charge in [0.15, 0.2) is 0 Å². The van der Waals surface area contributed by atoms with Crippen LogP contribution in [0.25, 0.3) is 0 Å². The summed E-state index contributed by atoms with van der Waals surface area (Å²) in [6.07, 6.45) is 4.21. The van der Waals surface area contributed by atoms with Crippen LogP contribution in [0.4, 0.5) is 10.3 Å². The highest BCUT2D eigenvalue weighted by atomic mass is 32.1. The van der Waals surface area contributed by atoms with Gasteiger partial charge in [0.2, 0.25) is 22.1 Å². The van der Waals surface area contributed by atoms with Gasteiger partial charge in [0.05, 0.1) is 18.5 Å². The number of aryl methyl sites for hydroxylation is 1. The number of carbonyl (C=O) groups excluding carboxylic acids is 2. The van der Waals surface area contributed by atoms with Crippen LogP contribution in [0.3, 0.4) is 0 Å². The number of carbonyl (C=O) groups is 2. The molecule has 2 atom stereocenters. The first-order chi connectivity index (χ1) is 18.9. The zero-order valence-electron chi connectivity index (χ0n) is 21.3. The lowest BCUT2D eigenvalue weighted by Gasteiger charge is -2.25. The van der Waals surface area contributed by atoms with E-state index in [2.05, 4.69) is 36.0 Å². The second-order valence-electron chi connectivity index (χ2n) is 9.52. The topological polar surface area (TPSA) is 146 Å². The maximum absolute atomic E-state index is 12.5. The van der Waals surface area contributed by atoms with Crippen LogP contribution in [0.15, 0.2) is 42.5 Å². The third kappa shape index (κ3) is 7.07. The lowest BCUT2D eigenvalue weighted by molar-refractivity contribution is -0.116. The van der Waals surface area contributed by atoms with Gasteiger partial charge in [-0.15, -0.1) is 20.4 Å². The van der Waals surface area contributed by atoms with Gasteiger partial charge >= 0.3 is 0 Å². The van der Waals surface area contributed by atoms with Gasteiger partial charge < -0.3 is 10.6 Å². The van der Waals surface area contributed by atoms with E-state index in [-0.39, 0.29) is 35.8 Å². The van der Waals surface area contributed by atoms with Gasteiger partial charge in [-0.25, -0.2) is 4.98 Å². The van der Waals surface area contributed by atoms with Crippen LogP contribution in [-0.2, 0) is 22.4 Å². The smallest absolute Gasteiger partial charge is 0.232 e. The number of aromatic nitrogens is 5. The number of amides is 2. The number of nitriles is 1. The van der Waals surface area contributed by atoms with E-state index in [1.807, 2.05) is 37.3 Å². The van der Waals surface area contributed by atoms with Gasteiger partial charge in [-0.3, -0.25) is 9.59 Å². The Morgan fingerprint density at radius 1 is 0.923 bits per heavy atom. The van der Waals surface area contributed by atoms with Crippen LogP contribution in [0.2, 0.25) is 0 Å². The van der Waals surface area contributed by atoms with E-state index in [0.29, 0.717) is 22.4 Å². The van der Waals surface area contributed by atoms with Crippen LogP contribution in [0.5, 0.6) is 0 Å². The summed E-state index contributed by atoms with van der Waals surface area (Å²) in [5, 5.41) is 34.5. The Hall–Kier alpha value is -4.08. The minimum Gasteiger partial charge on any atom is -0.300 e. The quantitative estimate of drug-likeness (QED) is 0.314. The molecule has 198 valence electrons. The van der Waals surface area contributed by atoms with Crippen LogP contribution < -0.4 is 10.6 Å². The Labute approximate surface area is 233 Å². The normalized spacial score (nSPS) is 16.8. The first-order valence-corrected chi connectivity index (χ1v) is 14.3. The molecule has 5 rings (SSSR count). The van der Waals surface area contributed by atoms with Crippen molar-refractivity contribution in [2.24, 2.45) is 0 Å². The molecule has 3 heterocycles. The monoisotopic (exact) mass is 558 g/mol. The molecule has 1 fully saturated rings. The molecule has 4 aromatic rings. The fourth-order valence-electron chi connectivity index (χ4n) is 4.68. The van der Waals surface area contributed by atoms with E-state index in [4.69, 9.17) is 5.26 Å². The highest BCUT2D eigenvalue weighted by molar-refractivity contribution is 7.15. The number of nitrogens with zero attached hydrogens (tertiary/aromatic N) is 6. The first kappa shape index (κ1) is 26.5. The van der Waals surface area contributed by atoms with Crippen molar-refractivity contribution in [3.05, 3.63) is 75.0 Å². The van der Waals surface area contributed by atoms with E-state index in [1.165, 1.54) is 22.7 Å². The molecule has 2 N–H and O–H groups in total. The molecule has 1 aliphatic carbocycles. The maximum Gasteiger partial charge on any atom is 0.232 e. The first-order valence-electron chi connectivity index (χ1n) is 12.6. The molecule has 39 heavy (non-hydrogen) atoms. The summed E-state index contributed by atoms with van der Waals surface area (Å²) < 4.78 is 0. The SMILES string of the molecule is Cc1cccc(CC(=O)Nc2nnc([C@H]3CCC[C@H](c4nnc(NC(=O)Cc5cccc(C#N)n5)s4)C3)s2)c1. The molecule has 1 saturated carbocycles. The molecule has 0 radical (unpaired) electrons. The summed E-state index contributed by atoms with van der Waals surface area (Å²) in [5.74, 6) is 0.0719. The summed E-state index contributed by atoms with van der Waals surface area (Å²) in [6.45, 7) is 2.00. The van der Waals surface area contributed by atoms with Crippen molar-refractivity contribution < 1.29 is 9.59 Å². The third-order valence-electron chi connectivity index (χ3n) is 6.46. The van der Waals surface area contributed by atoms with Crippen molar-refractivity contribution >= 4 is 44.8 Å². The van der Waals surface area contributed by atoms with Gasteiger partial charge in [0.1, 0.15) is 21.8 Å². The molecule has 1 aliphatic rings. The molecule has 0 spiro atoms. The number of nitrogens with one attached hydrogen (secondary N) is 2. The second kappa shape index (κ2) is 12.2. The molecule has 0 aliphatic heterocycles. The number of hydrogen-bond acceptors (Lipinski definition) is 10. The standard InChI is InChI=1S/C27H26N8O2S2/c1-16-5-2-6-17(11-16)12-22(36)30-26-34-32-24(38-26)18-7-3-8-19(13-18)25-33-35-27(39-25)31-23(37)14-20-9-4-10-21(15-28)29-20/h2,4-6,9-11,18-19H,3,7-8,12-14H2,1H3,(H,30,34,36)(H,31,35,37)/t18-,19-/m0/s1. The summed E-state index contributed by atoms with van der Waals surface area (Å²) >= 11 is 2.81. The number of rotatable bonds is 8. The van der Waals surface area contributed by atoms with E-state index in [1.54, 1.807) is 18.2 Å². The lowest BCUT2D eigenvalue weighted by Crippen LogP contribution is -2.15. The van der Waals surface area contributed by atoms with E-state index in [0.717, 1.165) is 46.8 Å². The largest absolute Gasteiger partial charge is 0.300 e. The fraction of sp³-hybridized carbons (Fsp3) is 0.333. The molecule has 1 aromatic carbocycles. The Bertz CT molecular complexity index is 1530. The Morgan fingerprint density at radius 2 is 1.56 bits per heavy atom. The molecule has 0 bridgehead atoms. The van der Waals surface area contributed by atoms with E-state index in [9.17, 15) is 9.59 Å². The highest BCUT2D eigenvalue weighted by Gasteiger charge is 2.29. The van der Waals surface area contributed by atoms with Crippen LogP contribution in [0.1, 0.15) is 70.0 Å². The van der Waals surface area contributed by atoms with Crippen molar-refractivity contribution in [1.82, 2.24) is 25.4 Å². The van der Waals surface area contributed by atoms with Crippen molar-refractivity contribution in [2.75, 3.05) is 10.6 Å². The summed E-state index contributed by atoms with van der Waals surface area (Å²) in [5.41, 5.74) is 2.88. The van der Waals surface area contributed by atoms with Crippen molar-refractivity contribution in [3.63, 3.8) is 0 Å². The van der Waals surface area contributed by atoms with Gasteiger partial charge in [0, 0.05) is 11.8 Å². The Morgan fingerprint density at radius 3 is 2.21 bits per heavy atom. The number of hydrogen-bond donors (Lipinski definition) is 2. The number of benzene rings is 1. The molecular weight excluding hydrogens is 532 g/mol. The summed E-state index contributed by atoms with van der Waals surface area (Å²) in [4.78, 5) is 29.1. The van der Waals surface area contributed by atoms with Gasteiger partial charge in [0.25, 0.3) is 0 Å². The predicted molar refractivity (Wildman–Crippen MR) is 149 cm³/mol. The molecule has 3 aromatic heterocycles. The lowest BCUT2D eigenvalue weighted by atomic mass is 9.82. The third-order valence-corrected chi connectivity index (χ3v) is 8.46. The average molecular weight is 559 g/mol. The van der Waals surface area contributed by atoms with Crippen LogP contribution in [0, 0.1) is 18.3 Å². The molecule has 0 saturated heterocycles. The predicted octanol–water partition coefficient (Wildman–Crippen LogP) is 4.77. The maximum atomic E-state index is 12.5. The molecule has 12 heteroatoms. The second-order valence-corrected chi connectivity index (χ2v) is 11.5. The Balaban J connectivity index is 1.15. The average Bonchev–Trinajstić information content (AvgIpc) is 3.59. The van der Waals surface area contributed by atoms with Crippen molar-refractivity contribution in [3.8, 4) is 6.07 Å². The number of pyridine rings is 1. The van der Waals surface area contributed by atoms with Crippen LogP contribution in [-0.4, -0.2) is 37.2 Å². The molecule has 0 unspecified atom stereocenters.